The van der Waals surface area contributed by atoms with Gasteiger partial charge in [-0.25, -0.2) is 4.98 Å². The molecule has 0 N–H and O–H groups in total. The summed E-state index contributed by atoms with van der Waals surface area (Å²) in [6.45, 7) is 7.14. The Labute approximate surface area is 235 Å². The Kier molecular flexibility index (Phi) is 9.14. The Hall–Kier alpha value is -3.81. The molecule has 200 valence electrons. The quantitative estimate of drug-likeness (QED) is 0.275. The molecule has 1 aliphatic heterocycles. The van der Waals surface area contributed by atoms with E-state index in [2.05, 4.69) is 93.9 Å². The fourth-order valence-electron chi connectivity index (χ4n) is 4.67. The van der Waals surface area contributed by atoms with E-state index in [1.807, 2.05) is 29.2 Å². The van der Waals surface area contributed by atoms with Crippen molar-refractivity contribution >= 4 is 28.6 Å². The van der Waals surface area contributed by atoms with Crippen molar-refractivity contribution < 1.29 is 4.79 Å². The van der Waals surface area contributed by atoms with Gasteiger partial charge in [-0.2, -0.15) is 4.37 Å². The number of benzene rings is 3. The maximum atomic E-state index is 13.4. The molecule has 1 amide bonds. The molecule has 0 aliphatic carbocycles. The van der Waals surface area contributed by atoms with Crippen molar-refractivity contribution in [3.63, 3.8) is 0 Å². The van der Waals surface area contributed by atoms with Crippen molar-refractivity contribution in [3.8, 4) is 0 Å². The Morgan fingerprint density at radius 1 is 0.897 bits per heavy atom. The van der Waals surface area contributed by atoms with Crippen molar-refractivity contribution in [2.75, 3.05) is 44.2 Å². The van der Waals surface area contributed by atoms with E-state index in [1.165, 1.54) is 28.2 Å². The standard InChI is InChI=1S/C32H35N5OS/c1-26-14-16-28(17-15-26)23-30-33-32(39-34-30)37(24-29-11-6-3-7-12-29)25-31(38)36-21-19-35(20-22-36)18-8-13-27-9-4-2-5-10-27/h2-17H,18-25H2,1H3. The average Bonchev–Trinajstić information content (AvgIpc) is 3.44. The number of carbonyl (C=O) groups excluding carboxylic acids is 1. The summed E-state index contributed by atoms with van der Waals surface area (Å²) >= 11 is 1.37. The maximum absolute atomic E-state index is 13.4. The topological polar surface area (TPSA) is 52.6 Å². The summed E-state index contributed by atoms with van der Waals surface area (Å²) in [7, 11) is 0. The fourth-order valence-corrected chi connectivity index (χ4v) is 5.36. The molecule has 1 aromatic heterocycles. The van der Waals surface area contributed by atoms with E-state index in [-0.39, 0.29) is 5.91 Å². The number of nitrogens with zero attached hydrogens (tertiary/aromatic N) is 5. The van der Waals surface area contributed by atoms with Gasteiger partial charge in [0.1, 0.15) is 5.82 Å². The Morgan fingerprint density at radius 2 is 1.59 bits per heavy atom. The van der Waals surface area contributed by atoms with Crippen molar-refractivity contribution in [2.24, 2.45) is 0 Å². The van der Waals surface area contributed by atoms with Crippen LogP contribution < -0.4 is 4.90 Å². The van der Waals surface area contributed by atoms with Crippen LogP contribution in [0.4, 0.5) is 5.13 Å². The van der Waals surface area contributed by atoms with Gasteiger partial charge < -0.3 is 9.80 Å². The minimum Gasteiger partial charge on any atom is -0.339 e. The number of hydrogen-bond acceptors (Lipinski definition) is 6. The Bertz CT molecular complexity index is 1350. The molecule has 2 heterocycles. The number of piperazine rings is 1. The van der Waals surface area contributed by atoms with Gasteiger partial charge in [0.15, 0.2) is 0 Å². The normalized spacial score (nSPS) is 14.1. The Morgan fingerprint density at radius 3 is 2.31 bits per heavy atom. The van der Waals surface area contributed by atoms with Crippen LogP contribution in [-0.2, 0) is 17.8 Å². The molecule has 39 heavy (non-hydrogen) atoms. The van der Waals surface area contributed by atoms with Gasteiger partial charge in [0.25, 0.3) is 0 Å². The van der Waals surface area contributed by atoms with E-state index < -0.39 is 0 Å². The van der Waals surface area contributed by atoms with Gasteiger partial charge in [0.2, 0.25) is 11.0 Å². The van der Waals surface area contributed by atoms with E-state index >= 15 is 0 Å². The summed E-state index contributed by atoms with van der Waals surface area (Å²) in [6.07, 6.45) is 5.05. The predicted octanol–water partition coefficient (Wildman–Crippen LogP) is 5.30. The summed E-state index contributed by atoms with van der Waals surface area (Å²) < 4.78 is 4.63. The van der Waals surface area contributed by atoms with E-state index in [0.29, 0.717) is 19.5 Å². The minimum absolute atomic E-state index is 0.140. The zero-order valence-electron chi connectivity index (χ0n) is 22.4. The molecule has 0 atom stereocenters. The highest BCUT2D eigenvalue weighted by atomic mass is 32.1. The number of carbonyl (C=O) groups is 1. The summed E-state index contributed by atoms with van der Waals surface area (Å²) in [5.74, 6) is 0.933. The van der Waals surface area contributed by atoms with Gasteiger partial charge in [-0.1, -0.05) is 103 Å². The van der Waals surface area contributed by atoms with Crippen LogP contribution in [-0.4, -0.2) is 64.3 Å². The van der Waals surface area contributed by atoms with Gasteiger partial charge >= 0.3 is 0 Å². The first-order valence-electron chi connectivity index (χ1n) is 13.5. The molecule has 6 nitrogen and oxygen atoms in total. The van der Waals surface area contributed by atoms with Gasteiger partial charge in [-0.05, 0) is 23.6 Å². The van der Waals surface area contributed by atoms with Crippen molar-refractivity contribution in [2.45, 2.75) is 19.9 Å². The third-order valence-electron chi connectivity index (χ3n) is 6.95. The fraction of sp³-hybridized carbons (Fsp3) is 0.281. The van der Waals surface area contributed by atoms with E-state index in [0.717, 1.165) is 49.2 Å². The lowest BCUT2D eigenvalue weighted by atomic mass is 10.1. The second-order valence-electron chi connectivity index (χ2n) is 9.99. The molecule has 1 saturated heterocycles. The van der Waals surface area contributed by atoms with Gasteiger partial charge in [-0.15, -0.1) is 0 Å². The first kappa shape index (κ1) is 26.8. The average molecular weight is 538 g/mol. The highest BCUT2D eigenvalue weighted by Crippen LogP contribution is 2.22. The summed E-state index contributed by atoms with van der Waals surface area (Å²) in [4.78, 5) is 24.7. The van der Waals surface area contributed by atoms with Crippen LogP contribution in [0.25, 0.3) is 6.08 Å². The molecular weight excluding hydrogens is 502 g/mol. The second kappa shape index (κ2) is 13.3. The zero-order valence-corrected chi connectivity index (χ0v) is 23.3. The zero-order chi connectivity index (χ0) is 26.9. The number of rotatable bonds is 10. The third kappa shape index (κ3) is 7.85. The number of hydrogen-bond donors (Lipinski definition) is 0. The molecule has 0 saturated carbocycles. The molecule has 0 radical (unpaired) electrons. The van der Waals surface area contributed by atoms with E-state index in [4.69, 9.17) is 4.98 Å². The molecule has 1 fully saturated rings. The molecule has 3 aromatic carbocycles. The van der Waals surface area contributed by atoms with Gasteiger partial charge in [-0.3, -0.25) is 9.69 Å². The molecule has 5 rings (SSSR count). The molecule has 0 unspecified atom stereocenters. The molecule has 7 heteroatoms. The Balaban J connectivity index is 1.19. The van der Waals surface area contributed by atoms with Crippen LogP contribution in [0.2, 0.25) is 0 Å². The SMILES string of the molecule is Cc1ccc(Cc2nsc(N(CC(=O)N3CCN(CC=Cc4ccccc4)CC3)Cc3ccccc3)n2)cc1. The lowest BCUT2D eigenvalue weighted by Gasteiger charge is -2.35. The van der Waals surface area contributed by atoms with E-state index in [9.17, 15) is 4.79 Å². The van der Waals surface area contributed by atoms with Gasteiger partial charge in [0.05, 0.1) is 6.54 Å². The summed E-state index contributed by atoms with van der Waals surface area (Å²) in [5.41, 5.74) is 4.79. The van der Waals surface area contributed by atoms with Crippen molar-refractivity contribution in [1.29, 1.82) is 0 Å². The third-order valence-corrected chi connectivity index (χ3v) is 7.77. The predicted molar refractivity (Wildman–Crippen MR) is 160 cm³/mol. The number of aromatic nitrogens is 2. The highest BCUT2D eigenvalue weighted by molar-refractivity contribution is 7.09. The second-order valence-corrected chi connectivity index (χ2v) is 10.7. The smallest absolute Gasteiger partial charge is 0.242 e. The van der Waals surface area contributed by atoms with Crippen LogP contribution >= 0.6 is 11.5 Å². The van der Waals surface area contributed by atoms with E-state index in [1.54, 1.807) is 0 Å². The maximum Gasteiger partial charge on any atom is 0.242 e. The minimum atomic E-state index is 0.140. The van der Waals surface area contributed by atoms with Crippen LogP contribution in [0.1, 0.15) is 28.1 Å². The van der Waals surface area contributed by atoms with Crippen molar-refractivity contribution in [1.82, 2.24) is 19.2 Å². The highest BCUT2D eigenvalue weighted by Gasteiger charge is 2.24. The molecule has 1 aliphatic rings. The first-order valence-corrected chi connectivity index (χ1v) is 14.3. The molecule has 0 bridgehead atoms. The van der Waals surface area contributed by atoms with Crippen LogP contribution in [0.5, 0.6) is 0 Å². The molecule has 0 spiro atoms. The number of amides is 1. The number of aryl methyl sites for hydroxylation is 1. The summed E-state index contributed by atoms with van der Waals surface area (Å²) in [6, 6.07) is 29.1. The lowest BCUT2D eigenvalue weighted by Crippen LogP contribution is -2.51. The van der Waals surface area contributed by atoms with Crippen LogP contribution in [0, 0.1) is 6.92 Å². The van der Waals surface area contributed by atoms with Crippen LogP contribution in [0.15, 0.2) is 91.0 Å². The van der Waals surface area contributed by atoms with Crippen LogP contribution in [0.3, 0.4) is 0 Å². The van der Waals surface area contributed by atoms with Crippen molar-refractivity contribution in [3.05, 3.63) is 119 Å². The molecule has 4 aromatic rings. The largest absolute Gasteiger partial charge is 0.339 e. The number of anilines is 1. The summed E-state index contributed by atoms with van der Waals surface area (Å²) in [5, 5.41) is 0.791. The lowest BCUT2D eigenvalue weighted by molar-refractivity contribution is -0.131. The monoisotopic (exact) mass is 537 g/mol. The van der Waals surface area contributed by atoms with Gasteiger partial charge in [0, 0.05) is 57.2 Å². The molecular formula is C32H35N5OS. The first-order chi connectivity index (χ1) is 19.1.